The van der Waals surface area contributed by atoms with E-state index in [4.69, 9.17) is 4.74 Å². The number of carbonyl (C=O) groups excluding carboxylic acids is 4. The summed E-state index contributed by atoms with van der Waals surface area (Å²) in [5.74, 6) is 0.215. The summed E-state index contributed by atoms with van der Waals surface area (Å²) in [7, 11) is 1.40. The first-order valence-corrected chi connectivity index (χ1v) is 18.3. The summed E-state index contributed by atoms with van der Waals surface area (Å²) in [6, 6.07) is 0.0421. The van der Waals surface area contributed by atoms with Gasteiger partial charge in [0.05, 0.1) is 25.9 Å². The molecule has 11 heteroatoms. The van der Waals surface area contributed by atoms with Crippen molar-refractivity contribution in [3.05, 3.63) is 56.8 Å². The van der Waals surface area contributed by atoms with Crippen LogP contribution in [-0.2, 0) is 23.9 Å². The third-order valence-electron chi connectivity index (χ3n) is 9.12. The first-order chi connectivity index (χ1) is 22.9. The molecule has 1 aromatic rings. The minimum absolute atomic E-state index is 0.0421. The van der Waals surface area contributed by atoms with E-state index in [9.17, 15) is 19.2 Å². The molecule has 0 aromatic carbocycles. The van der Waals surface area contributed by atoms with E-state index in [0.717, 1.165) is 81.4 Å². The van der Waals surface area contributed by atoms with Gasteiger partial charge in [-0.25, -0.2) is 4.79 Å². The van der Waals surface area contributed by atoms with Crippen molar-refractivity contribution < 1.29 is 33.1 Å². The molecule has 0 radical (unpaired) electrons. The molecule has 0 aliphatic carbocycles. The van der Waals surface area contributed by atoms with Crippen LogP contribution in [0.1, 0.15) is 108 Å². The zero-order chi connectivity index (χ0) is 36.9. The topological polar surface area (TPSA) is 114 Å². The summed E-state index contributed by atoms with van der Waals surface area (Å²) in [5.41, 5.74) is 3.76. The van der Waals surface area contributed by atoms with Gasteiger partial charge in [-0.05, 0) is 123 Å². The molecule has 0 unspecified atom stereocenters. The summed E-state index contributed by atoms with van der Waals surface area (Å²) in [5, 5.41) is 8.16. The van der Waals surface area contributed by atoms with Crippen molar-refractivity contribution in [2.24, 2.45) is 0 Å². The quantitative estimate of drug-likeness (QED) is 0.0910. The maximum absolute atomic E-state index is 13.3. The molecule has 2 saturated heterocycles. The predicted molar refractivity (Wildman–Crippen MR) is 197 cm³/mol. The average molecular weight is 702 g/mol. The molecule has 2 fully saturated rings. The fraction of sp³-hybridized carbons (Fsp3) is 0.632. The summed E-state index contributed by atoms with van der Waals surface area (Å²) in [6.07, 6.45) is 7.80. The number of likely N-dealkylation sites (tertiary alicyclic amines) is 2. The van der Waals surface area contributed by atoms with Crippen LogP contribution in [0.3, 0.4) is 0 Å². The van der Waals surface area contributed by atoms with E-state index in [1.54, 1.807) is 13.8 Å². The van der Waals surface area contributed by atoms with Gasteiger partial charge >= 0.3 is 5.97 Å². The second-order valence-electron chi connectivity index (χ2n) is 14.4. The highest BCUT2D eigenvalue weighted by atomic mass is 32.1. The normalized spacial score (nSPS) is 17.4. The molecule has 3 heterocycles. The number of ether oxygens (including phenoxy) is 2. The van der Waals surface area contributed by atoms with Gasteiger partial charge in [-0.1, -0.05) is 6.08 Å². The summed E-state index contributed by atoms with van der Waals surface area (Å²) in [6.45, 7) is 25.0. The number of Topliss-reactive ketones (excluding diaryl/α,β-unsaturated/α-hetero) is 1. The van der Waals surface area contributed by atoms with Crippen LogP contribution in [0, 0.1) is 13.8 Å². The highest BCUT2D eigenvalue weighted by molar-refractivity contribution is 7.12. The van der Waals surface area contributed by atoms with Crippen molar-refractivity contribution in [3.8, 4) is 0 Å². The molecule has 2 N–H and O–H groups in total. The second-order valence-corrected chi connectivity index (χ2v) is 15.3. The summed E-state index contributed by atoms with van der Waals surface area (Å²) in [4.78, 5) is 52.5. The summed E-state index contributed by atoms with van der Waals surface area (Å²) >= 11 is 1.43. The van der Waals surface area contributed by atoms with Crippen LogP contribution in [0.25, 0.3) is 0 Å². The number of hydrogen-bond acceptors (Lipinski definition) is 8. The Morgan fingerprint density at radius 1 is 1.02 bits per heavy atom. The maximum atomic E-state index is 13.3. The monoisotopic (exact) mass is 701 g/mol. The fourth-order valence-electron chi connectivity index (χ4n) is 6.22. The number of piperidine rings is 1. The van der Waals surface area contributed by atoms with Gasteiger partial charge in [0.2, 0.25) is 5.91 Å². The number of nitrogens with zero attached hydrogens (tertiary/aromatic N) is 2. The van der Waals surface area contributed by atoms with Crippen molar-refractivity contribution in [1.29, 1.82) is 0 Å². The van der Waals surface area contributed by atoms with E-state index in [1.165, 1.54) is 18.4 Å². The number of hydrogen-bond donors (Lipinski definition) is 2. The van der Waals surface area contributed by atoms with E-state index in [0.29, 0.717) is 33.1 Å². The van der Waals surface area contributed by atoms with Crippen LogP contribution in [0.5, 0.6) is 0 Å². The molecule has 2 aliphatic heterocycles. The average Bonchev–Trinajstić information content (AvgIpc) is 3.21. The van der Waals surface area contributed by atoms with Gasteiger partial charge < -0.3 is 29.5 Å². The number of aryl methyl sites for hydroxylation is 1. The molecule has 3 rings (SSSR count). The number of quaternary nitrogens is 1. The van der Waals surface area contributed by atoms with Crippen molar-refractivity contribution in [2.75, 3.05) is 46.4 Å². The molecular formula is C38H61N4O6S+. The standard InChI is InChI=1S/C30H50N4O4.C8H10O2S/c1-9-22(2)28(32-27(36)21-34(20-23(3)35)18-12-10-11-13-19-34)24(4)29(37)31-26-14-16-33(17-15-26)25(5)38-30(6,7)8;1-5-4-11-7(6(5)2)8(9)10-3/h9,26H,5,10-21H2,1-4,6-8H3,(H-,31,32,36,37);4H,1-3H3/p+1/b22-9-;. The molecule has 274 valence electrons. The Morgan fingerprint density at radius 2 is 1.61 bits per heavy atom. The molecule has 2 aliphatic rings. The fourth-order valence-corrected chi connectivity index (χ4v) is 7.20. The molecule has 0 bridgehead atoms. The van der Waals surface area contributed by atoms with Gasteiger partial charge in [-0.3, -0.25) is 14.4 Å². The zero-order valence-corrected chi connectivity index (χ0v) is 32.5. The predicted octanol–water partition coefficient (Wildman–Crippen LogP) is 6.34. The lowest BCUT2D eigenvalue weighted by Crippen LogP contribution is -2.56. The van der Waals surface area contributed by atoms with E-state index < -0.39 is 0 Å². The van der Waals surface area contributed by atoms with Gasteiger partial charge in [0.25, 0.3) is 5.91 Å². The Bertz CT molecular complexity index is 1390. The lowest BCUT2D eigenvalue weighted by Gasteiger charge is -2.37. The van der Waals surface area contributed by atoms with Gasteiger partial charge in [-0.2, -0.15) is 0 Å². The van der Waals surface area contributed by atoms with E-state index in [-0.39, 0.29) is 41.8 Å². The Labute approximate surface area is 298 Å². The molecule has 0 saturated carbocycles. The Hall–Kier alpha value is -3.44. The Kier molecular flexibility index (Phi) is 16.3. The molecule has 1 aromatic heterocycles. The highest BCUT2D eigenvalue weighted by Gasteiger charge is 2.33. The highest BCUT2D eigenvalue weighted by Crippen LogP contribution is 2.23. The van der Waals surface area contributed by atoms with Gasteiger partial charge in [0.1, 0.15) is 17.0 Å². The van der Waals surface area contributed by atoms with Crippen molar-refractivity contribution in [1.82, 2.24) is 15.5 Å². The number of allylic oxidation sites excluding steroid dienone is 2. The molecular weight excluding hydrogens is 641 g/mol. The second kappa shape index (κ2) is 19.1. The van der Waals surface area contributed by atoms with Crippen LogP contribution in [0.4, 0.5) is 0 Å². The Morgan fingerprint density at radius 3 is 2.08 bits per heavy atom. The molecule has 2 amide bonds. The summed E-state index contributed by atoms with van der Waals surface area (Å²) < 4.78 is 11.0. The van der Waals surface area contributed by atoms with Crippen molar-refractivity contribution >= 4 is 34.9 Å². The Balaban J connectivity index is 0.000000639. The minimum atomic E-state index is -0.295. The number of methoxy groups -OCH3 is 1. The number of thiophene rings is 1. The van der Waals surface area contributed by atoms with Crippen LogP contribution in [0.15, 0.2) is 40.8 Å². The number of nitrogens with one attached hydrogen (secondary N) is 2. The van der Waals surface area contributed by atoms with Crippen LogP contribution in [-0.4, -0.2) is 91.0 Å². The van der Waals surface area contributed by atoms with Crippen molar-refractivity contribution in [2.45, 2.75) is 112 Å². The molecule has 0 spiro atoms. The third kappa shape index (κ3) is 13.4. The van der Waals surface area contributed by atoms with Crippen LogP contribution in [0.2, 0.25) is 0 Å². The smallest absolute Gasteiger partial charge is 0.348 e. The maximum Gasteiger partial charge on any atom is 0.348 e. The van der Waals surface area contributed by atoms with Crippen LogP contribution >= 0.6 is 11.3 Å². The van der Waals surface area contributed by atoms with Crippen molar-refractivity contribution in [3.63, 3.8) is 0 Å². The number of esters is 1. The largest absolute Gasteiger partial charge is 0.474 e. The number of rotatable bonds is 11. The number of ketones is 1. The lowest BCUT2D eigenvalue weighted by molar-refractivity contribution is -0.912. The number of amides is 2. The first kappa shape index (κ1) is 41.7. The van der Waals surface area contributed by atoms with E-state index in [2.05, 4.69) is 26.8 Å². The first-order valence-electron chi connectivity index (χ1n) is 17.5. The SMILES string of the molecule is C=C(OC(C)(C)C)N1CCC(NC(=O)/C(C)=C(NC(=O)C[N+]2(CC(C)=O)CCCCCC2)/C(C)=C\C)CC1.COC(=O)c1scc(C)c1C. The van der Waals surface area contributed by atoms with Crippen LogP contribution < -0.4 is 10.6 Å². The molecule has 49 heavy (non-hydrogen) atoms. The van der Waals surface area contributed by atoms with Gasteiger partial charge in [-0.15, -0.1) is 11.3 Å². The third-order valence-corrected chi connectivity index (χ3v) is 10.3. The zero-order valence-electron chi connectivity index (χ0n) is 31.7. The van der Waals surface area contributed by atoms with Gasteiger partial charge in [0.15, 0.2) is 18.2 Å². The van der Waals surface area contributed by atoms with Gasteiger partial charge in [0, 0.05) is 31.6 Å². The molecule has 0 atom stereocenters. The van der Waals surface area contributed by atoms with E-state index in [1.807, 2.05) is 59.9 Å². The number of carbonyl (C=O) groups is 4. The van der Waals surface area contributed by atoms with E-state index >= 15 is 0 Å². The molecule has 10 nitrogen and oxygen atoms in total. The minimum Gasteiger partial charge on any atom is -0.474 e. The lowest BCUT2D eigenvalue weighted by atomic mass is 10.0.